The molecule has 1 unspecified atom stereocenters. The average Bonchev–Trinajstić information content (AvgIpc) is 3.12. The van der Waals surface area contributed by atoms with E-state index in [2.05, 4.69) is 5.10 Å². The van der Waals surface area contributed by atoms with Crippen molar-refractivity contribution < 1.29 is 23.1 Å². The summed E-state index contributed by atoms with van der Waals surface area (Å²) in [5.74, 6) is -5.01. The summed E-state index contributed by atoms with van der Waals surface area (Å²) in [7, 11) is 0. The minimum Gasteiger partial charge on any atom is -0.508 e. The number of hydrogen-bond acceptors (Lipinski definition) is 4. The van der Waals surface area contributed by atoms with Crippen molar-refractivity contribution in [1.29, 1.82) is 0 Å². The van der Waals surface area contributed by atoms with Gasteiger partial charge >= 0.3 is 0 Å². The molecule has 0 spiro atoms. The molecule has 0 saturated heterocycles. The Bertz CT molecular complexity index is 1190. The second-order valence-corrected chi connectivity index (χ2v) is 8.34. The Morgan fingerprint density at radius 3 is 2.32 bits per heavy atom. The first-order chi connectivity index (χ1) is 14.7. The normalized spacial score (nSPS) is 15.8. The molecule has 1 aliphatic rings. The van der Waals surface area contributed by atoms with Crippen LogP contribution in [-0.4, -0.2) is 21.1 Å². The van der Waals surface area contributed by atoms with Gasteiger partial charge in [-0.05, 0) is 30.7 Å². The Balaban J connectivity index is 1.81. The number of carbonyl (C=O) groups excluding carboxylic acids is 1. The number of thioether (sulfide) groups is 1. The van der Waals surface area contributed by atoms with Crippen molar-refractivity contribution in [1.82, 2.24) is 5.01 Å². The number of nitrogens with zero attached hydrogens (tertiary/aromatic N) is 2. The number of amides is 1. The standard InChI is InChI=1S/C22H14ClF3N2O2S/c1-11-2-7-15(18(29)8-11)22-28(21(30)19-16(25)9-14(24)10-17(19)26)27-20(31-22)12-3-5-13(23)6-4-12/h2-10,22,29H,1H3. The number of halogens is 4. The minimum absolute atomic E-state index is 0.0945. The molecule has 3 aromatic carbocycles. The van der Waals surface area contributed by atoms with Crippen LogP contribution < -0.4 is 0 Å². The molecule has 1 N–H and O–H groups in total. The number of carbonyl (C=O) groups is 1. The van der Waals surface area contributed by atoms with Crippen molar-refractivity contribution in [3.8, 4) is 5.75 Å². The number of benzene rings is 3. The van der Waals surface area contributed by atoms with Crippen LogP contribution in [0, 0.1) is 24.4 Å². The molecular weight excluding hydrogens is 449 g/mol. The fraction of sp³-hybridized carbons (Fsp3) is 0.0909. The summed E-state index contributed by atoms with van der Waals surface area (Å²) < 4.78 is 41.9. The average molecular weight is 463 g/mol. The van der Waals surface area contributed by atoms with E-state index < -0.39 is 34.3 Å². The third kappa shape index (κ3) is 4.13. The lowest BCUT2D eigenvalue weighted by Crippen LogP contribution is -2.28. The predicted octanol–water partition coefficient (Wildman–Crippen LogP) is 6.02. The highest BCUT2D eigenvalue weighted by Gasteiger charge is 2.38. The molecule has 31 heavy (non-hydrogen) atoms. The zero-order valence-electron chi connectivity index (χ0n) is 15.9. The summed E-state index contributed by atoms with van der Waals surface area (Å²) in [4.78, 5) is 13.1. The van der Waals surface area contributed by atoms with Crippen LogP contribution in [-0.2, 0) is 0 Å². The Morgan fingerprint density at radius 1 is 1.06 bits per heavy atom. The number of hydrogen-bond donors (Lipinski definition) is 1. The van der Waals surface area contributed by atoms with Gasteiger partial charge in [0.1, 0.15) is 39.2 Å². The molecule has 1 aliphatic heterocycles. The van der Waals surface area contributed by atoms with Crippen molar-refractivity contribution in [2.24, 2.45) is 5.10 Å². The fourth-order valence-corrected chi connectivity index (χ4v) is 4.43. The number of phenols is 1. The van der Waals surface area contributed by atoms with Crippen LogP contribution in [0.15, 0.2) is 59.7 Å². The summed E-state index contributed by atoms with van der Waals surface area (Å²) in [6.07, 6.45) is 0. The Labute approximate surface area is 185 Å². The first kappa shape index (κ1) is 21.3. The summed E-state index contributed by atoms with van der Waals surface area (Å²) in [6.45, 7) is 1.78. The highest BCUT2D eigenvalue weighted by Crippen LogP contribution is 2.45. The number of aryl methyl sites for hydroxylation is 1. The smallest absolute Gasteiger partial charge is 0.281 e. The monoisotopic (exact) mass is 462 g/mol. The van der Waals surface area contributed by atoms with E-state index >= 15 is 0 Å². The third-order valence-electron chi connectivity index (χ3n) is 4.62. The molecule has 9 heteroatoms. The summed E-state index contributed by atoms with van der Waals surface area (Å²) in [6, 6.07) is 12.4. The van der Waals surface area contributed by atoms with Gasteiger partial charge in [-0.2, -0.15) is 5.10 Å². The van der Waals surface area contributed by atoms with E-state index in [-0.39, 0.29) is 5.75 Å². The van der Waals surface area contributed by atoms with E-state index in [1.54, 1.807) is 43.3 Å². The van der Waals surface area contributed by atoms with E-state index in [0.717, 1.165) is 22.3 Å². The zero-order chi connectivity index (χ0) is 22.3. The van der Waals surface area contributed by atoms with Gasteiger partial charge in [0.05, 0.1) is 0 Å². The lowest BCUT2D eigenvalue weighted by molar-refractivity contribution is 0.0738. The number of phenolic OH excluding ortho intramolecular Hbond substituents is 1. The summed E-state index contributed by atoms with van der Waals surface area (Å²) in [5.41, 5.74) is 0.817. The third-order valence-corrected chi connectivity index (χ3v) is 6.09. The number of aromatic hydroxyl groups is 1. The van der Waals surface area contributed by atoms with Crippen LogP contribution in [0.5, 0.6) is 5.75 Å². The van der Waals surface area contributed by atoms with Crippen molar-refractivity contribution in [3.05, 3.63) is 99.3 Å². The molecule has 0 fully saturated rings. The Kier molecular flexibility index (Phi) is 5.68. The molecule has 4 rings (SSSR count). The van der Waals surface area contributed by atoms with Crippen LogP contribution in [0.3, 0.4) is 0 Å². The van der Waals surface area contributed by atoms with Gasteiger partial charge in [-0.25, -0.2) is 18.2 Å². The molecule has 0 aromatic heterocycles. The van der Waals surface area contributed by atoms with Gasteiger partial charge in [-0.1, -0.05) is 47.6 Å². The molecule has 1 amide bonds. The highest BCUT2D eigenvalue weighted by atomic mass is 35.5. The van der Waals surface area contributed by atoms with Crippen LogP contribution in [0.1, 0.15) is 32.4 Å². The second kappa shape index (κ2) is 8.28. The maximum atomic E-state index is 14.3. The topological polar surface area (TPSA) is 52.9 Å². The maximum absolute atomic E-state index is 14.3. The largest absolute Gasteiger partial charge is 0.508 e. The van der Waals surface area contributed by atoms with Gasteiger partial charge in [-0.3, -0.25) is 4.79 Å². The number of rotatable bonds is 3. The quantitative estimate of drug-likeness (QED) is 0.517. The van der Waals surface area contributed by atoms with Crippen LogP contribution in [0.4, 0.5) is 13.2 Å². The predicted molar refractivity (Wildman–Crippen MR) is 114 cm³/mol. The molecule has 4 nitrogen and oxygen atoms in total. The minimum atomic E-state index is -1.34. The van der Waals surface area contributed by atoms with Gasteiger partial charge in [0.15, 0.2) is 0 Å². The molecule has 0 saturated carbocycles. The van der Waals surface area contributed by atoms with Crippen LogP contribution in [0.25, 0.3) is 0 Å². The molecule has 158 valence electrons. The van der Waals surface area contributed by atoms with E-state index in [4.69, 9.17) is 11.6 Å². The molecule has 0 aliphatic carbocycles. The first-order valence-corrected chi connectivity index (χ1v) is 10.3. The van der Waals surface area contributed by atoms with E-state index in [1.165, 1.54) is 6.07 Å². The van der Waals surface area contributed by atoms with Gasteiger partial charge in [0.2, 0.25) is 0 Å². The van der Waals surface area contributed by atoms with Gasteiger partial charge in [0, 0.05) is 28.3 Å². The molecule has 0 bridgehead atoms. The zero-order valence-corrected chi connectivity index (χ0v) is 17.5. The lowest BCUT2D eigenvalue weighted by atomic mass is 10.1. The van der Waals surface area contributed by atoms with Crippen molar-refractivity contribution in [2.75, 3.05) is 0 Å². The Morgan fingerprint density at radius 2 is 1.71 bits per heavy atom. The summed E-state index contributed by atoms with van der Waals surface area (Å²) in [5, 5.41) is 15.6. The second-order valence-electron chi connectivity index (χ2n) is 6.84. The van der Waals surface area contributed by atoms with E-state index in [0.29, 0.717) is 33.3 Å². The first-order valence-electron chi connectivity index (χ1n) is 9.03. The van der Waals surface area contributed by atoms with Crippen molar-refractivity contribution in [3.63, 3.8) is 0 Å². The lowest BCUT2D eigenvalue weighted by Gasteiger charge is -2.22. The molecule has 1 atom stereocenters. The maximum Gasteiger partial charge on any atom is 0.281 e. The Hall–Kier alpha value is -2.97. The molecular formula is C22H14ClF3N2O2S. The summed E-state index contributed by atoms with van der Waals surface area (Å²) >= 11 is 7.05. The van der Waals surface area contributed by atoms with Crippen LogP contribution >= 0.6 is 23.4 Å². The molecule has 3 aromatic rings. The van der Waals surface area contributed by atoms with Gasteiger partial charge < -0.3 is 5.11 Å². The van der Waals surface area contributed by atoms with Gasteiger partial charge in [-0.15, -0.1) is 0 Å². The van der Waals surface area contributed by atoms with Crippen LogP contribution in [0.2, 0.25) is 5.02 Å². The van der Waals surface area contributed by atoms with Crippen molar-refractivity contribution in [2.45, 2.75) is 12.3 Å². The highest BCUT2D eigenvalue weighted by molar-refractivity contribution is 8.14. The van der Waals surface area contributed by atoms with Crippen molar-refractivity contribution >= 4 is 34.3 Å². The van der Waals surface area contributed by atoms with E-state index in [1.807, 2.05) is 0 Å². The fourth-order valence-electron chi connectivity index (χ4n) is 3.12. The molecule has 0 radical (unpaired) electrons. The van der Waals surface area contributed by atoms with Gasteiger partial charge in [0.25, 0.3) is 5.91 Å². The molecule has 1 heterocycles. The number of hydrazone groups is 1. The SMILES string of the molecule is Cc1ccc(C2SC(c3ccc(Cl)cc3)=NN2C(=O)c2c(F)cc(F)cc2F)c(O)c1. The van der Waals surface area contributed by atoms with E-state index in [9.17, 15) is 23.1 Å².